The molecule has 1 aliphatic rings. The Morgan fingerprint density at radius 1 is 1.29 bits per heavy atom. The minimum absolute atomic E-state index is 0.0278. The zero-order valence-corrected chi connectivity index (χ0v) is 12.4. The Morgan fingerprint density at radius 2 is 1.90 bits per heavy atom. The molecule has 1 atom stereocenters. The van der Waals surface area contributed by atoms with Crippen molar-refractivity contribution in [1.82, 2.24) is 5.32 Å². The van der Waals surface area contributed by atoms with Crippen LogP contribution in [0.15, 0.2) is 18.2 Å². The number of amides is 1. The van der Waals surface area contributed by atoms with Crippen LogP contribution in [0.4, 0.5) is 0 Å². The van der Waals surface area contributed by atoms with Crippen LogP contribution in [0.3, 0.4) is 0 Å². The lowest BCUT2D eigenvalue weighted by Gasteiger charge is -2.16. The van der Waals surface area contributed by atoms with Crippen LogP contribution in [0.1, 0.15) is 30.4 Å². The highest BCUT2D eigenvalue weighted by molar-refractivity contribution is 5.79. The summed E-state index contributed by atoms with van der Waals surface area (Å²) in [5, 5.41) is 11.6. The predicted octanol–water partition coefficient (Wildman–Crippen LogP) is 2.05. The molecule has 0 radical (unpaired) electrons. The number of benzene rings is 1. The maximum Gasteiger partial charge on any atom is 0.305 e. The molecule has 114 valence electrons. The summed E-state index contributed by atoms with van der Waals surface area (Å²) in [5.41, 5.74) is 2.15. The molecule has 0 aliphatic heterocycles. The number of hydrogen-bond donors (Lipinski definition) is 2. The average molecular weight is 291 g/mol. The van der Waals surface area contributed by atoms with E-state index < -0.39 is 5.97 Å². The quantitative estimate of drug-likeness (QED) is 0.806. The van der Waals surface area contributed by atoms with Crippen LogP contribution < -0.4 is 10.1 Å². The van der Waals surface area contributed by atoms with Gasteiger partial charge in [0.2, 0.25) is 0 Å². The second-order valence-corrected chi connectivity index (χ2v) is 5.72. The Labute approximate surface area is 124 Å². The van der Waals surface area contributed by atoms with Crippen LogP contribution >= 0.6 is 0 Å². The molecule has 0 bridgehead atoms. The second kappa shape index (κ2) is 6.61. The lowest BCUT2D eigenvalue weighted by molar-refractivity contribution is -0.138. The Morgan fingerprint density at radius 3 is 2.43 bits per heavy atom. The molecule has 21 heavy (non-hydrogen) atoms. The van der Waals surface area contributed by atoms with Crippen LogP contribution in [0, 0.1) is 19.8 Å². The van der Waals surface area contributed by atoms with Crippen molar-refractivity contribution in [1.29, 1.82) is 0 Å². The molecule has 1 saturated carbocycles. The Hall–Kier alpha value is -2.04. The molecule has 0 heterocycles. The highest BCUT2D eigenvalue weighted by Crippen LogP contribution is 2.34. The highest BCUT2D eigenvalue weighted by Gasteiger charge is 2.33. The molecule has 1 amide bonds. The van der Waals surface area contributed by atoms with Crippen LogP contribution in [-0.2, 0) is 9.59 Å². The van der Waals surface area contributed by atoms with Gasteiger partial charge in [0.25, 0.3) is 5.91 Å². The topological polar surface area (TPSA) is 75.6 Å². The molecular weight excluding hydrogens is 270 g/mol. The van der Waals surface area contributed by atoms with Gasteiger partial charge < -0.3 is 15.2 Å². The Kier molecular flexibility index (Phi) is 4.83. The van der Waals surface area contributed by atoms with Crippen molar-refractivity contribution in [2.75, 3.05) is 6.61 Å². The number of carbonyl (C=O) groups excluding carboxylic acids is 1. The number of aryl methyl sites for hydroxylation is 2. The number of aliphatic carboxylic acids is 1. The van der Waals surface area contributed by atoms with E-state index >= 15 is 0 Å². The zero-order chi connectivity index (χ0) is 15.4. The second-order valence-electron chi connectivity index (χ2n) is 5.72. The molecular formula is C16H21NO4. The van der Waals surface area contributed by atoms with E-state index in [1.54, 1.807) is 0 Å². The number of nitrogens with one attached hydrogen (secondary N) is 1. The first-order valence-corrected chi connectivity index (χ1v) is 7.16. The molecule has 0 aromatic heterocycles. The number of carbonyl (C=O) groups is 2. The van der Waals surface area contributed by atoms with Gasteiger partial charge in [0.15, 0.2) is 6.61 Å². The first-order chi connectivity index (χ1) is 9.94. The molecule has 1 aromatic carbocycles. The van der Waals surface area contributed by atoms with Crippen molar-refractivity contribution in [2.24, 2.45) is 5.92 Å². The number of hydrogen-bond acceptors (Lipinski definition) is 3. The van der Waals surface area contributed by atoms with Gasteiger partial charge in [-0.1, -0.05) is 6.07 Å². The lowest BCUT2D eigenvalue weighted by Crippen LogP contribution is -2.40. The number of carboxylic acid groups (broad SMARTS) is 1. The van der Waals surface area contributed by atoms with Gasteiger partial charge in [-0.15, -0.1) is 0 Å². The number of rotatable bonds is 7. The maximum atomic E-state index is 11.9. The minimum atomic E-state index is -0.887. The third kappa shape index (κ3) is 5.10. The summed E-state index contributed by atoms with van der Waals surface area (Å²) >= 11 is 0. The van der Waals surface area contributed by atoms with E-state index in [9.17, 15) is 9.59 Å². The maximum absolute atomic E-state index is 11.9. The first kappa shape index (κ1) is 15.4. The molecule has 1 fully saturated rings. The average Bonchev–Trinajstić information content (AvgIpc) is 3.18. The summed E-state index contributed by atoms with van der Waals surface area (Å²) in [6.45, 7) is 3.84. The van der Waals surface area contributed by atoms with Crippen LogP contribution in [0.25, 0.3) is 0 Å². The molecule has 0 saturated heterocycles. The number of carboxylic acids is 1. The van der Waals surface area contributed by atoms with E-state index in [1.165, 1.54) is 0 Å². The third-order valence-electron chi connectivity index (χ3n) is 3.50. The van der Waals surface area contributed by atoms with E-state index in [0.29, 0.717) is 11.7 Å². The molecule has 0 spiro atoms. The summed E-state index contributed by atoms with van der Waals surface area (Å²) in [7, 11) is 0. The number of ether oxygens (including phenoxy) is 1. The van der Waals surface area contributed by atoms with Crippen molar-refractivity contribution in [3.63, 3.8) is 0 Å². The predicted molar refractivity (Wildman–Crippen MR) is 78.3 cm³/mol. The fourth-order valence-electron chi connectivity index (χ4n) is 2.44. The van der Waals surface area contributed by atoms with Gasteiger partial charge in [-0.05, 0) is 55.9 Å². The fourth-order valence-corrected chi connectivity index (χ4v) is 2.44. The van der Waals surface area contributed by atoms with E-state index in [-0.39, 0.29) is 25.0 Å². The Balaban J connectivity index is 1.84. The summed E-state index contributed by atoms with van der Waals surface area (Å²) in [4.78, 5) is 22.7. The van der Waals surface area contributed by atoms with Gasteiger partial charge >= 0.3 is 5.97 Å². The lowest BCUT2D eigenvalue weighted by atomic mass is 10.1. The first-order valence-electron chi connectivity index (χ1n) is 7.16. The van der Waals surface area contributed by atoms with Gasteiger partial charge in [-0.3, -0.25) is 9.59 Å². The van der Waals surface area contributed by atoms with Gasteiger partial charge in [-0.2, -0.15) is 0 Å². The summed E-state index contributed by atoms with van der Waals surface area (Å²) in [6.07, 6.45) is 1.94. The van der Waals surface area contributed by atoms with Crippen molar-refractivity contribution >= 4 is 11.9 Å². The van der Waals surface area contributed by atoms with Gasteiger partial charge in [0, 0.05) is 6.04 Å². The van der Waals surface area contributed by atoms with Crippen LogP contribution in [0.5, 0.6) is 5.75 Å². The normalized spacial score (nSPS) is 15.3. The molecule has 1 unspecified atom stereocenters. The van der Waals surface area contributed by atoms with E-state index in [0.717, 1.165) is 24.0 Å². The van der Waals surface area contributed by atoms with E-state index in [1.807, 2.05) is 32.0 Å². The molecule has 2 N–H and O–H groups in total. The van der Waals surface area contributed by atoms with Crippen LogP contribution in [-0.4, -0.2) is 29.6 Å². The summed E-state index contributed by atoms with van der Waals surface area (Å²) in [6, 6.07) is 5.49. The van der Waals surface area contributed by atoms with E-state index in [4.69, 9.17) is 9.84 Å². The minimum Gasteiger partial charge on any atom is -0.484 e. The zero-order valence-electron chi connectivity index (χ0n) is 12.4. The highest BCUT2D eigenvalue weighted by atomic mass is 16.5. The van der Waals surface area contributed by atoms with E-state index in [2.05, 4.69) is 5.32 Å². The SMILES string of the molecule is Cc1cc(C)cc(OCC(=O)NC(CC(=O)O)C2CC2)c1. The summed E-state index contributed by atoms with van der Waals surface area (Å²) < 4.78 is 5.48. The monoisotopic (exact) mass is 291 g/mol. The van der Waals surface area contributed by atoms with Crippen LogP contribution in [0.2, 0.25) is 0 Å². The molecule has 2 rings (SSSR count). The van der Waals surface area contributed by atoms with Gasteiger partial charge in [0.1, 0.15) is 5.75 Å². The molecule has 5 nitrogen and oxygen atoms in total. The smallest absolute Gasteiger partial charge is 0.305 e. The van der Waals surface area contributed by atoms with Crippen molar-refractivity contribution in [3.8, 4) is 5.75 Å². The molecule has 1 aliphatic carbocycles. The largest absolute Gasteiger partial charge is 0.484 e. The fraction of sp³-hybridized carbons (Fsp3) is 0.500. The Bertz CT molecular complexity index is 517. The molecule has 1 aromatic rings. The van der Waals surface area contributed by atoms with Gasteiger partial charge in [0.05, 0.1) is 6.42 Å². The van der Waals surface area contributed by atoms with Gasteiger partial charge in [-0.25, -0.2) is 0 Å². The third-order valence-corrected chi connectivity index (χ3v) is 3.50. The molecule has 5 heteroatoms. The van der Waals surface area contributed by atoms with Crippen molar-refractivity contribution in [3.05, 3.63) is 29.3 Å². The summed E-state index contributed by atoms with van der Waals surface area (Å²) in [5.74, 6) is -0.204. The van der Waals surface area contributed by atoms with Crippen molar-refractivity contribution in [2.45, 2.75) is 39.2 Å². The van der Waals surface area contributed by atoms with Crippen molar-refractivity contribution < 1.29 is 19.4 Å². The standard InChI is InChI=1S/C16H21NO4/c1-10-5-11(2)7-13(6-10)21-9-15(18)17-14(8-16(19)20)12-3-4-12/h5-7,12,14H,3-4,8-9H2,1-2H3,(H,17,18)(H,19,20).